The maximum absolute atomic E-state index is 9.69. The van der Waals surface area contributed by atoms with Crippen LogP contribution in [-0.4, -0.2) is 54.8 Å². The van der Waals surface area contributed by atoms with Crippen molar-refractivity contribution in [1.29, 1.82) is 0 Å². The van der Waals surface area contributed by atoms with Crippen LogP contribution in [0.3, 0.4) is 0 Å². The number of β-amino-alcohol motifs (C(OH)–C–C–N with tert-alkyl or cyclic N) is 1. The van der Waals surface area contributed by atoms with Gasteiger partial charge in [0.05, 0.1) is 19.3 Å². The first kappa shape index (κ1) is 11.2. The van der Waals surface area contributed by atoms with Gasteiger partial charge in [0.1, 0.15) is 0 Å². The third-order valence-electron chi connectivity index (χ3n) is 2.65. The summed E-state index contributed by atoms with van der Waals surface area (Å²) in [7, 11) is -0.546. The van der Waals surface area contributed by atoms with Crippen LogP contribution in [0.15, 0.2) is 0 Å². The predicted octanol–water partition coefficient (Wildman–Crippen LogP) is 0.408. The molecule has 0 aromatic carbocycles. The standard InChI is InChI=1S/C11H18NO2P/c13-11(9-12-3-1-2-4-12)10-14-5-6-15-7-8-15/h6,11,13,15H,1-5,9-10H2. The molecular weight excluding hydrogens is 209 g/mol. The predicted molar refractivity (Wildman–Crippen MR) is 64.7 cm³/mol. The molecule has 0 bridgehead atoms. The largest absolute Gasteiger partial charge is 0.389 e. The Balaban J connectivity index is 1.51. The van der Waals surface area contributed by atoms with E-state index in [0.717, 1.165) is 19.6 Å². The van der Waals surface area contributed by atoms with Crippen LogP contribution in [-0.2, 0) is 4.74 Å². The molecule has 15 heavy (non-hydrogen) atoms. The zero-order chi connectivity index (χ0) is 10.5. The van der Waals surface area contributed by atoms with E-state index in [1.54, 1.807) is 0 Å². The first-order valence-electron chi connectivity index (χ1n) is 5.55. The summed E-state index contributed by atoms with van der Waals surface area (Å²) in [5.74, 6) is 2.10. The fourth-order valence-corrected chi connectivity index (χ4v) is 2.58. The second-order valence-electron chi connectivity index (χ2n) is 4.07. The number of aliphatic hydroxyl groups excluding tert-OH is 1. The molecule has 4 heteroatoms. The van der Waals surface area contributed by atoms with Crippen molar-refractivity contribution >= 4 is 13.3 Å². The van der Waals surface area contributed by atoms with Crippen molar-refractivity contribution in [1.82, 2.24) is 4.90 Å². The summed E-state index contributed by atoms with van der Waals surface area (Å²) in [6.07, 6.45) is 2.20. The Hall–Kier alpha value is -0.260. The van der Waals surface area contributed by atoms with Crippen LogP contribution in [0.2, 0.25) is 0 Å². The SMILES string of the molecule is OC(COCC=[PH]1C#C1)CN1CCCC1. The number of likely N-dealkylation sites (tertiary alicyclic amines) is 1. The molecule has 0 aromatic rings. The molecule has 2 heterocycles. The molecule has 2 rings (SSSR count). The summed E-state index contributed by atoms with van der Waals surface area (Å²) in [6, 6.07) is 0. The average Bonchev–Trinajstić information content (AvgIpc) is 2.91. The first-order valence-corrected chi connectivity index (χ1v) is 7.13. The van der Waals surface area contributed by atoms with E-state index in [0.29, 0.717) is 13.2 Å². The minimum atomic E-state index is -0.546. The van der Waals surface area contributed by atoms with Gasteiger partial charge in [0.15, 0.2) is 0 Å². The lowest BCUT2D eigenvalue weighted by molar-refractivity contribution is 0.0350. The number of rotatable bonds is 6. The number of nitrogens with zero attached hydrogens (tertiary/aromatic N) is 1. The Labute approximate surface area is 91.8 Å². The van der Waals surface area contributed by atoms with Crippen LogP contribution >= 0.6 is 7.55 Å². The average molecular weight is 227 g/mol. The summed E-state index contributed by atoms with van der Waals surface area (Å²) in [5.41, 5.74) is 6.05. The molecule has 1 N–H and O–H groups in total. The molecule has 1 atom stereocenters. The topological polar surface area (TPSA) is 32.7 Å². The van der Waals surface area contributed by atoms with Crippen LogP contribution in [0, 0.1) is 11.3 Å². The Bertz CT molecular complexity index is 289. The van der Waals surface area contributed by atoms with E-state index < -0.39 is 7.55 Å². The van der Waals surface area contributed by atoms with E-state index in [-0.39, 0.29) is 6.10 Å². The van der Waals surface area contributed by atoms with Crippen molar-refractivity contribution in [2.75, 3.05) is 32.8 Å². The molecule has 1 saturated heterocycles. The molecule has 0 aromatic heterocycles. The van der Waals surface area contributed by atoms with E-state index in [9.17, 15) is 5.11 Å². The fourth-order valence-electron chi connectivity index (χ4n) is 1.80. The molecule has 2 aliphatic rings. The minimum Gasteiger partial charge on any atom is -0.389 e. The molecule has 1 fully saturated rings. The van der Waals surface area contributed by atoms with Crippen molar-refractivity contribution < 1.29 is 9.84 Å². The second kappa shape index (κ2) is 5.72. The fraction of sp³-hybridized carbons (Fsp3) is 0.727. The van der Waals surface area contributed by atoms with Gasteiger partial charge in [-0.1, -0.05) is 11.3 Å². The normalized spacial score (nSPS) is 22.2. The van der Waals surface area contributed by atoms with Gasteiger partial charge >= 0.3 is 0 Å². The lowest BCUT2D eigenvalue weighted by atomic mass is 10.3. The van der Waals surface area contributed by atoms with E-state index in [2.05, 4.69) is 22.0 Å². The van der Waals surface area contributed by atoms with Gasteiger partial charge in [0.25, 0.3) is 0 Å². The Morgan fingerprint density at radius 2 is 2.13 bits per heavy atom. The zero-order valence-corrected chi connectivity index (χ0v) is 9.91. The quantitative estimate of drug-likeness (QED) is 0.405. The molecule has 0 aliphatic carbocycles. The van der Waals surface area contributed by atoms with Crippen molar-refractivity contribution in [3.05, 3.63) is 0 Å². The van der Waals surface area contributed by atoms with Gasteiger partial charge in [-0.2, -0.15) is 0 Å². The molecule has 84 valence electrons. The highest BCUT2D eigenvalue weighted by molar-refractivity contribution is 7.73. The highest BCUT2D eigenvalue weighted by Crippen LogP contribution is 2.28. The summed E-state index contributed by atoms with van der Waals surface area (Å²) in [4.78, 5) is 2.30. The van der Waals surface area contributed by atoms with Crippen molar-refractivity contribution in [2.24, 2.45) is 0 Å². The maximum Gasteiger partial charge on any atom is 0.0900 e. The number of hydrogen-bond acceptors (Lipinski definition) is 3. The van der Waals surface area contributed by atoms with Crippen LogP contribution in [0.25, 0.3) is 0 Å². The van der Waals surface area contributed by atoms with Crippen LogP contribution in [0.4, 0.5) is 0 Å². The van der Waals surface area contributed by atoms with Crippen LogP contribution in [0.5, 0.6) is 0 Å². The first-order chi connectivity index (χ1) is 7.34. The molecule has 2 aliphatic heterocycles. The van der Waals surface area contributed by atoms with Crippen LogP contribution in [0.1, 0.15) is 12.8 Å². The van der Waals surface area contributed by atoms with Crippen molar-refractivity contribution in [3.8, 4) is 11.3 Å². The van der Waals surface area contributed by atoms with E-state index in [1.165, 1.54) is 12.8 Å². The Morgan fingerprint density at radius 3 is 2.80 bits per heavy atom. The third-order valence-corrected chi connectivity index (χ3v) is 3.77. The van der Waals surface area contributed by atoms with Crippen molar-refractivity contribution in [2.45, 2.75) is 18.9 Å². The molecule has 0 spiro atoms. The van der Waals surface area contributed by atoms with Gasteiger partial charge in [-0.15, -0.1) is 0 Å². The maximum atomic E-state index is 9.69. The number of ether oxygens (including phenoxy) is 1. The van der Waals surface area contributed by atoms with E-state index >= 15 is 0 Å². The van der Waals surface area contributed by atoms with Gasteiger partial charge in [0, 0.05) is 14.1 Å². The molecule has 0 amide bonds. The van der Waals surface area contributed by atoms with Gasteiger partial charge < -0.3 is 14.7 Å². The highest BCUT2D eigenvalue weighted by Gasteiger charge is 2.15. The summed E-state index contributed by atoms with van der Waals surface area (Å²) < 4.78 is 5.37. The molecule has 0 radical (unpaired) electrons. The molecule has 1 unspecified atom stereocenters. The number of aliphatic hydroxyl groups is 1. The lowest BCUT2D eigenvalue weighted by Gasteiger charge is -2.18. The van der Waals surface area contributed by atoms with Gasteiger partial charge in [-0.3, -0.25) is 0 Å². The minimum absolute atomic E-state index is 0.339. The third kappa shape index (κ3) is 4.40. The monoisotopic (exact) mass is 227 g/mol. The van der Waals surface area contributed by atoms with E-state index in [1.807, 2.05) is 0 Å². The van der Waals surface area contributed by atoms with Crippen LogP contribution < -0.4 is 0 Å². The molecular formula is C11H18NO2P. The Kier molecular flexibility index (Phi) is 4.29. The number of hydrogen-bond donors (Lipinski definition) is 1. The summed E-state index contributed by atoms with van der Waals surface area (Å²) in [5, 5.41) is 9.69. The smallest absolute Gasteiger partial charge is 0.0900 e. The Morgan fingerprint density at radius 1 is 1.40 bits per heavy atom. The lowest BCUT2D eigenvalue weighted by Crippen LogP contribution is -2.33. The van der Waals surface area contributed by atoms with Crippen molar-refractivity contribution in [3.63, 3.8) is 0 Å². The highest BCUT2D eigenvalue weighted by atomic mass is 31.1. The second-order valence-corrected chi connectivity index (χ2v) is 5.80. The van der Waals surface area contributed by atoms with Gasteiger partial charge in [-0.25, -0.2) is 0 Å². The van der Waals surface area contributed by atoms with E-state index in [4.69, 9.17) is 4.74 Å². The molecule has 3 nitrogen and oxygen atoms in total. The molecule has 0 saturated carbocycles. The van der Waals surface area contributed by atoms with Gasteiger partial charge in [0.2, 0.25) is 0 Å². The van der Waals surface area contributed by atoms with Gasteiger partial charge in [-0.05, 0) is 31.7 Å². The summed E-state index contributed by atoms with van der Waals surface area (Å²) in [6.45, 7) is 4.09. The zero-order valence-electron chi connectivity index (χ0n) is 8.91. The summed E-state index contributed by atoms with van der Waals surface area (Å²) >= 11 is 0.